The molecule has 1 fully saturated rings. The Morgan fingerprint density at radius 1 is 1.12 bits per heavy atom. The van der Waals surface area contributed by atoms with Crippen molar-refractivity contribution in [3.63, 3.8) is 0 Å². The van der Waals surface area contributed by atoms with Crippen LogP contribution in [0.15, 0.2) is 48.5 Å². The van der Waals surface area contributed by atoms with Crippen LogP contribution in [0.5, 0.6) is 5.75 Å². The smallest absolute Gasteiger partial charge is 0.232 e. The Morgan fingerprint density at radius 3 is 2.73 bits per heavy atom. The molecule has 0 spiro atoms. The molecule has 0 aliphatic carbocycles. The van der Waals surface area contributed by atoms with Crippen molar-refractivity contribution in [1.29, 1.82) is 0 Å². The second kappa shape index (κ2) is 6.48. The van der Waals surface area contributed by atoms with E-state index in [1.165, 1.54) is 5.56 Å². The molecule has 1 saturated heterocycles. The van der Waals surface area contributed by atoms with Crippen molar-refractivity contribution < 1.29 is 14.3 Å². The largest absolute Gasteiger partial charge is 0.497 e. The molecule has 0 saturated carbocycles. The summed E-state index contributed by atoms with van der Waals surface area (Å²) >= 11 is 0. The number of anilines is 2. The summed E-state index contributed by atoms with van der Waals surface area (Å²) in [7, 11) is 1.60. The molecule has 2 aromatic rings. The average molecular weight is 350 g/mol. The van der Waals surface area contributed by atoms with Gasteiger partial charge in [0.15, 0.2) is 0 Å². The van der Waals surface area contributed by atoms with E-state index in [0.717, 1.165) is 17.8 Å². The Bertz CT molecular complexity index is 864. The van der Waals surface area contributed by atoms with Crippen LogP contribution in [-0.4, -0.2) is 31.5 Å². The number of hydrogen-bond donors (Lipinski definition) is 0. The van der Waals surface area contributed by atoms with E-state index < -0.39 is 0 Å². The highest BCUT2D eigenvalue weighted by Crippen LogP contribution is 2.35. The van der Waals surface area contributed by atoms with Crippen molar-refractivity contribution >= 4 is 23.2 Å². The van der Waals surface area contributed by atoms with Gasteiger partial charge in [-0.05, 0) is 37.1 Å². The van der Waals surface area contributed by atoms with E-state index >= 15 is 0 Å². The van der Waals surface area contributed by atoms with Crippen LogP contribution in [0.1, 0.15) is 18.9 Å². The SMILES string of the molecule is COc1cccc(N2CC(C(=O)N3c4ccccc4CC3C)CC2=O)c1. The second-order valence-corrected chi connectivity index (χ2v) is 7.00. The highest BCUT2D eigenvalue weighted by Gasteiger charge is 2.41. The minimum absolute atomic E-state index is 0.0169. The topological polar surface area (TPSA) is 49.9 Å². The lowest BCUT2D eigenvalue weighted by Crippen LogP contribution is -2.41. The van der Waals surface area contributed by atoms with Crippen LogP contribution in [-0.2, 0) is 16.0 Å². The Kier molecular flexibility index (Phi) is 4.15. The van der Waals surface area contributed by atoms with Crippen LogP contribution in [0.2, 0.25) is 0 Å². The van der Waals surface area contributed by atoms with Crippen molar-refractivity contribution in [1.82, 2.24) is 0 Å². The first-order chi connectivity index (χ1) is 12.6. The Labute approximate surface area is 153 Å². The second-order valence-electron chi connectivity index (χ2n) is 7.00. The highest BCUT2D eigenvalue weighted by atomic mass is 16.5. The fourth-order valence-electron chi connectivity index (χ4n) is 4.00. The molecular formula is C21H22N2O3. The summed E-state index contributed by atoms with van der Waals surface area (Å²) in [5, 5.41) is 0. The lowest BCUT2D eigenvalue weighted by atomic mass is 10.1. The number of carbonyl (C=O) groups excluding carboxylic acids is 2. The van der Waals surface area contributed by atoms with Gasteiger partial charge in [-0.3, -0.25) is 9.59 Å². The summed E-state index contributed by atoms with van der Waals surface area (Å²) in [6, 6.07) is 15.6. The lowest BCUT2D eigenvalue weighted by Gasteiger charge is -2.26. The number of hydrogen-bond acceptors (Lipinski definition) is 3. The quantitative estimate of drug-likeness (QED) is 0.855. The third-order valence-corrected chi connectivity index (χ3v) is 5.28. The number of benzene rings is 2. The number of nitrogens with zero attached hydrogens (tertiary/aromatic N) is 2. The first kappa shape index (κ1) is 16.6. The number of ether oxygens (including phenoxy) is 1. The van der Waals surface area contributed by atoms with E-state index in [9.17, 15) is 9.59 Å². The molecule has 4 rings (SSSR count). The zero-order valence-electron chi connectivity index (χ0n) is 15.0. The number of methoxy groups -OCH3 is 1. The third kappa shape index (κ3) is 2.73. The Morgan fingerprint density at radius 2 is 1.92 bits per heavy atom. The fourth-order valence-corrected chi connectivity index (χ4v) is 4.00. The van der Waals surface area contributed by atoms with Gasteiger partial charge in [0.05, 0.1) is 13.0 Å². The first-order valence-corrected chi connectivity index (χ1v) is 8.94. The highest BCUT2D eigenvalue weighted by molar-refractivity contribution is 6.05. The van der Waals surface area contributed by atoms with Gasteiger partial charge >= 0.3 is 0 Å². The molecule has 5 heteroatoms. The van der Waals surface area contributed by atoms with Crippen LogP contribution in [0.4, 0.5) is 11.4 Å². The van der Waals surface area contributed by atoms with Crippen molar-refractivity contribution in [2.75, 3.05) is 23.5 Å². The molecule has 0 bridgehead atoms. The summed E-state index contributed by atoms with van der Waals surface area (Å²) < 4.78 is 5.25. The molecule has 0 radical (unpaired) electrons. The monoisotopic (exact) mass is 350 g/mol. The maximum absolute atomic E-state index is 13.2. The van der Waals surface area contributed by atoms with Crippen LogP contribution < -0.4 is 14.5 Å². The van der Waals surface area contributed by atoms with E-state index in [2.05, 4.69) is 13.0 Å². The third-order valence-electron chi connectivity index (χ3n) is 5.28. The molecule has 0 aromatic heterocycles. The number of fused-ring (bicyclic) bond motifs is 1. The minimum Gasteiger partial charge on any atom is -0.497 e. The summed E-state index contributed by atoms with van der Waals surface area (Å²) in [6.45, 7) is 2.48. The normalized spacial score (nSPS) is 21.8. The van der Waals surface area contributed by atoms with Gasteiger partial charge in [-0.2, -0.15) is 0 Å². The van der Waals surface area contributed by atoms with Gasteiger partial charge in [0.2, 0.25) is 11.8 Å². The lowest BCUT2D eigenvalue weighted by molar-refractivity contribution is -0.124. The minimum atomic E-state index is -0.317. The average Bonchev–Trinajstić information content (AvgIpc) is 3.20. The summed E-state index contributed by atoms with van der Waals surface area (Å²) in [5.41, 5.74) is 2.96. The zero-order chi connectivity index (χ0) is 18.3. The van der Waals surface area contributed by atoms with Crippen molar-refractivity contribution in [3.8, 4) is 5.75 Å². The summed E-state index contributed by atoms with van der Waals surface area (Å²) in [6.07, 6.45) is 1.11. The predicted molar refractivity (Wildman–Crippen MR) is 101 cm³/mol. The molecule has 2 atom stereocenters. The van der Waals surface area contributed by atoms with Gasteiger partial charge in [-0.1, -0.05) is 24.3 Å². The van der Waals surface area contributed by atoms with Crippen LogP contribution in [0.3, 0.4) is 0 Å². The molecule has 2 amide bonds. The number of carbonyl (C=O) groups is 2. The molecular weight excluding hydrogens is 328 g/mol. The van der Waals surface area contributed by atoms with Crippen molar-refractivity contribution in [2.45, 2.75) is 25.8 Å². The molecule has 2 aromatic carbocycles. The van der Waals surface area contributed by atoms with E-state index in [1.807, 2.05) is 47.4 Å². The summed E-state index contributed by atoms with van der Waals surface area (Å²) in [5.74, 6) is 0.410. The van der Waals surface area contributed by atoms with Crippen LogP contribution in [0, 0.1) is 5.92 Å². The standard InChI is InChI=1S/C21H22N2O3/c1-14-10-15-6-3-4-9-19(15)23(14)21(25)16-11-20(24)22(13-16)17-7-5-8-18(12-17)26-2/h3-9,12,14,16H,10-11,13H2,1-2H3. The van der Waals surface area contributed by atoms with Crippen molar-refractivity contribution in [2.24, 2.45) is 5.92 Å². The van der Waals surface area contributed by atoms with E-state index in [1.54, 1.807) is 12.0 Å². The fraction of sp³-hybridized carbons (Fsp3) is 0.333. The molecule has 5 nitrogen and oxygen atoms in total. The van der Waals surface area contributed by atoms with Crippen molar-refractivity contribution in [3.05, 3.63) is 54.1 Å². The van der Waals surface area contributed by atoms with E-state index in [4.69, 9.17) is 4.74 Å². The first-order valence-electron chi connectivity index (χ1n) is 8.94. The van der Waals surface area contributed by atoms with Gasteiger partial charge in [-0.15, -0.1) is 0 Å². The number of amides is 2. The van der Waals surface area contributed by atoms with Gasteiger partial charge in [-0.25, -0.2) is 0 Å². The molecule has 134 valence electrons. The van der Waals surface area contributed by atoms with Crippen LogP contribution in [0.25, 0.3) is 0 Å². The maximum atomic E-state index is 13.2. The molecule has 2 aliphatic rings. The Hall–Kier alpha value is -2.82. The van der Waals surface area contributed by atoms with Gasteiger partial charge in [0.25, 0.3) is 0 Å². The van der Waals surface area contributed by atoms with Gasteiger partial charge in [0.1, 0.15) is 5.75 Å². The van der Waals surface area contributed by atoms with E-state index in [-0.39, 0.29) is 30.2 Å². The van der Waals surface area contributed by atoms with Crippen LogP contribution >= 0.6 is 0 Å². The molecule has 2 unspecified atom stereocenters. The van der Waals surface area contributed by atoms with Gasteiger partial charge < -0.3 is 14.5 Å². The Balaban J connectivity index is 1.56. The van der Waals surface area contributed by atoms with E-state index in [0.29, 0.717) is 12.3 Å². The van der Waals surface area contributed by atoms with Gasteiger partial charge in [0, 0.05) is 36.4 Å². The zero-order valence-corrected chi connectivity index (χ0v) is 15.0. The number of rotatable bonds is 3. The molecule has 2 heterocycles. The maximum Gasteiger partial charge on any atom is 0.232 e. The molecule has 26 heavy (non-hydrogen) atoms. The summed E-state index contributed by atoms with van der Waals surface area (Å²) in [4.78, 5) is 29.3. The molecule has 2 aliphatic heterocycles. The predicted octanol–water partition coefficient (Wildman–Crippen LogP) is 3.03. The number of para-hydroxylation sites is 1. The molecule has 0 N–H and O–H groups in total.